The number of anilines is 1. The van der Waals surface area contributed by atoms with Crippen molar-refractivity contribution in [2.24, 2.45) is 4.99 Å². The number of thiophene rings is 1. The molecular formula is C21H23ClN2O3S2. The van der Waals surface area contributed by atoms with Gasteiger partial charge in [0, 0.05) is 17.2 Å². The van der Waals surface area contributed by atoms with Gasteiger partial charge in [0.05, 0.1) is 24.4 Å². The van der Waals surface area contributed by atoms with Gasteiger partial charge in [-0.2, -0.15) is 0 Å². The zero-order valence-corrected chi connectivity index (χ0v) is 18.8. The quantitative estimate of drug-likeness (QED) is 0.363. The standard InChI is InChI=1S/C21H23ClN2O3S2/c1-3-4-9-27-10-12-29-21-23-18(14-16-6-5-11-28-16)20(25)24(21)15-7-8-19(26-2)17(22)13-15/h5-8,11,13-14H,3-4,9-10,12H2,1-2H3/b18-14+. The van der Waals surface area contributed by atoms with E-state index in [1.54, 1.807) is 35.5 Å². The molecule has 0 radical (unpaired) electrons. The first-order valence-corrected chi connectivity index (χ1v) is 11.6. The molecule has 0 bridgehead atoms. The van der Waals surface area contributed by atoms with Crippen LogP contribution in [0.2, 0.25) is 5.02 Å². The van der Waals surface area contributed by atoms with Gasteiger partial charge in [-0.05, 0) is 42.1 Å². The zero-order chi connectivity index (χ0) is 20.6. The molecule has 2 aromatic rings. The highest BCUT2D eigenvalue weighted by molar-refractivity contribution is 8.14. The first-order valence-electron chi connectivity index (χ1n) is 9.36. The number of carbonyl (C=O) groups is 1. The maximum Gasteiger partial charge on any atom is 0.283 e. The number of amidine groups is 1. The number of hydrogen-bond donors (Lipinski definition) is 0. The molecular weight excluding hydrogens is 428 g/mol. The topological polar surface area (TPSA) is 51.1 Å². The minimum atomic E-state index is -0.172. The van der Waals surface area contributed by atoms with E-state index in [9.17, 15) is 4.79 Å². The summed E-state index contributed by atoms with van der Waals surface area (Å²) in [6.07, 6.45) is 3.97. The Bertz CT molecular complexity index is 897. The summed E-state index contributed by atoms with van der Waals surface area (Å²) in [5, 5.41) is 3.04. The number of nitrogens with zero attached hydrogens (tertiary/aromatic N) is 2. The minimum absolute atomic E-state index is 0.172. The number of rotatable bonds is 9. The lowest BCUT2D eigenvalue weighted by Crippen LogP contribution is -2.30. The Morgan fingerprint density at radius 2 is 2.17 bits per heavy atom. The molecule has 0 saturated heterocycles. The van der Waals surface area contributed by atoms with Crippen LogP contribution in [0.1, 0.15) is 24.6 Å². The smallest absolute Gasteiger partial charge is 0.283 e. The van der Waals surface area contributed by atoms with Gasteiger partial charge in [-0.25, -0.2) is 4.99 Å². The van der Waals surface area contributed by atoms with Crippen molar-refractivity contribution in [2.75, 3.05) is 31.0 Å². The normalized spacial score (nSPS) is 15.3. The number of thioether (sulfide) groups is 1. The van der Waals surface area contributed by atoms with E-state index >= 15 is 0 Å². The van der Waals surface area contributed by atoms with Crippen molar-refractivity contribution in [3.63, 3.8) is 0 Å². The molecule has 0 aliphatic carbocycles. The van der Waals surface area contributed by atoms with Crippen molar-refractivity contribution < 1.29 is 14.3 Å². The molecule has 1 aliphatic heterocycles. The van der Waals surface area contributed by atoms with E-state index < -0.39 is 0 Å². The monoisotopic (exact) mass is 450 g/mol. The highest BCUT2D eigenvalue weighted by atomic mass is 35.5. The van der Waals surface area contributed by atoms with Crippen LogP contribution < -0.4 is 9.64 Å². The third-order valence-electron chi connectivity index (χ3n) is 4.15. The van der Waals surface area contributed by atoms with Crippen LogP contribution in [0.15, 0.2) is 46.4 Å². The van der Waals surface area contributed by atoms with Crippen LogP contribution in [0.5, 0.6) is 5.75 Å². The molecule has 3 rings (SSSR count). The number of aliphatic imine (C=N–C) groups is 1. The highest BCUT2D eigenvalue weighted by Crippen LogP contribution is 2.34. The second-order valence-corrected chi connectivity index (χ2v) is 8.66. The molecule has 0 N–H and O–H groups in total. The molecule has 29 heavy (non-hydrogen) atoms. The van der Waals surface area contributed by atoms with E-state index in [0.717, 1.165) is 24.3 Å². The van der Waals surface area contributed by atoms with Crippen molar-refractivity contribution >= 4 is 57.5 Å². The average molecular weight is 451 g/mol. The fourth-order valence-corrected chi connectivity index (χ4v) is 4.43. The fraction of sp³-hybridized carbons (Fsp3) is 0.333. The second-order valence-electron chi connectivity index (χ2n) is 6.21. The number of hydrogen-bond acceptors (Lipinski definition) is 6. The lowest BCUT2D eigenvalue weighted by Gasteiger charge is -2.18. The number of ether oxygens (including phenoxy) is 2. The Morgan fingerprint density at radius 3 is 2.86 bits per heavy atom. The van der Waals surface area contributed by atoms with E-state index in [4.69, 9.17) is 21.1 Å². The summed E-state index contributed by atoms with van der Waals surface area (Å²) in [6.45, 7) is 3.50. The summed E-state index contributed by atoms with van der Waals surface area (Å²) >= 11 is 9.35. The molecule has 0 spiro atoms. The predicted octanol–water partition coefficient (Wildman–Crippen LogP) is 5.70. The van der Waals surface area contributed by atoms with E-state index in [0.29, 0.717) is 39.7 Å². The van der Waals surface area contributed by atoms with Gasteiger partial charge in [-0.15, -0.1) is 11.3 Å². The maximum absolute atomic E-state index is 13.1. The largest absolute Gasteiger partial charge is 0.495 e. The van der Waals surface area contributed by atoms with Crippen molar-refractivity contribution in [2.45, 2.75) is 19.8 Å². The van der Waals surface area contributed by atoms with Gasteiger partial charge in [-0.3, -0.25) is 9.69 Å². The van der Waals surface area contributed by atoms with Crippen LogP contribution >= 0.6 is 34.7 Å². The summed E-state index contributed by atoms with van der Waals surface area (Å²) in [5.41, 5.74) is 1.07. The van der Waals surface area contributed by atoms with Crippen molar-refractivity contribution in [3.05, 3.63) is 51.3 Å². The van der Waals surface area contributed by atoms with Crippen LogP contribution in [0.4, 0.5) is 5.69 Å². The Hall–Kier alpha value is -1.80. The van der Waals surface area contributed by atoms with Crippen LogP contribution in [-0.2, 0) is 9.53 Å². The molecule has 2 heterocycles. The third-order valence-corrected chi connectivity index (χ3v) is 6.16. The Balaban J connectivity index is 1.80. The van der Waals surface area contributed by atoms with Crippen molar-refractivity contribution in [3.8, 4) is 5.75 Å². The Kier molecular flexibility index (Phi) is 8.18. The first kappa shape index (κ1) is 21.9. The highest BCUT2D eigenvalue weighted by Gasteiger charge is 2.32. The van der Waals surface area contributed by atoms with E-state index in [1.165, 1.54) is 11.8 Å². The van der Waals surface area contributed by atoms with Gasteiger partial charge in [0.25, 0.3) is 5.91 Å². The summed E-state index contributed by atoms with van der Waals surface area (Å²) < 4.78 is 10.9. The van der Waals surface area contributed by atoms with Gasteiger partial charge < -0.3 is 9.47 Å². The number of methoxy groups -OCH3 is 1. The number of halogens is 1. The van der Waals surface area contributed by atoms with Gasteiger partial charge >= 0.3 is 0 Å². The van der Waals surface area contributed by atoms with Crippen molar-refractivity contribution in [1.29, 1.82) is 0 Å². The predicted molar refractivity (Wildman–Crippen MR) is 123 cm³/mol. The third kappa shape index (κ3) is 5.63. The van der Waals surface area contributed by atoms with Crippen LogP contribution in [-0.4, -0.2) is 37.2 Å². The van der Waals surface area contributed by atoms with Crippen LogP contribution in [0, 0.1) is 0 Å². The molecule has 5 nitrogen and oxygen atoms in total. The maximum atomic E-state index is 13.1. The Labute approximate surface area is 184 Å². The van der Waals surface area contributed by atoms with Crippen LogP contribution in [0.3, 0.4) is 0 Å². The van der Waals surface area contributed by atoms with Gasteiger partial charge in [0.2, 0.25) is 0 Å². The molecule has 1 aromatic carbocycles. The fourth-order valence-electron chi connectivity index (χ4n) is 2.66. The molecule has 0 fully saturated rings. The summed E-state index contributed by atoms with van der Waals surface area (Å²) in [4.78, 5) is 20.3. The SMILES string of the molecule is CCCCOCCSC1=N/C(=C/c2cccs2)C(=O)N1c1ccc(OC)c(Cl)c1. The molecule has 1 aliphatic rings. The summed E-state index contributed by atoms with van der Waals surface area (Å²) in [7, 11) is 1.56. The van der Waals surface area contributed by atoms with Crippen LogP contribution in [0.25, 0.3) is 6.08 Å². The number of benzene rings is 1. The van der Waals surface area contributed by atoms with E-state index in [-0.39, 0.29) is 5.91 Å². The summed E-state index contributed by atoms with van der Waals surface area (Å²) in [6, 6.07) is 9.19. The average Bonchev–Trinajstić information content (AvgIpc) is 3.33. The molecule has 0 saturated carbocycles. The minimum Gasteiger partial charge on any atom is -0.495 e. The molecule has 154 valence electrons. The second kappa shape index (κ2) is 10.8. The number of carbonyl (C=O) groups excluding carboxylic acids is 1. The number of amides is 1. The lowest BCUT2D eigenvalue weighted by atomic mass is 10.2. The molecule has 8 heteroatoms. The first-order chi connectivity index (χ1) is 14.1. The summed E-state index contributed by atoms with van der Waals surface area (Å²) in [5.74, 6) is 1.10. The van der Waals surface area contributed by atoms with Gasteiger partial charge in [-0.1, -0.05) is 42.8 Å². The van der Waals surface area contributed by atoms with E-state index in [1.807, 2.05) is 29.7 Å². The van der Waals surface area contributed by atoms with Gasteiger partial charge in [0.1, 0.15) is 11.4 Å². The lowest BCUT2D eigenvalue weighted by molar-refractivity contribution is -0.113. The molecule has 1 amide bonds. The Morgan fingerprint density at radius 1 is 1.31 bits per heavy atom. The molecule has 1 aromatic heterocycles. The van der Waals surface area contributed by atoms with E-state index in [2.05, 4.69) is 11.9 Å². The number of unbranched alkanes of at least 4 members (excludes halogenated alkanes) is 1. The van der Waals surface area contributed by atoms with Gasteiger partial charge in [0.15, 0.2) is 5.17 Å². The zero-order valence-electron chi connectivity index (χ0n) is 16.4. The molecule has 0 unspecified atom stereocenters. The van der Waals surface area contributed by atoms with Crippen molar-refractivity contribution in [1.82, 2.24) is 0 Å². The molecule has 0 atom stereocenters.